The Kier molecular flexibility index (Phi) is 5.56. The number of nitrogens with one attached hydrogen (secondary N) is 1. The van der Waals surface area contributed by atoms with Gasteiger partial charge in [0.2, 0.25) is 0 Å². The van der Waals surface area contributed by atoms with E-state index in [9.17, 15) is 4.39 Å². The zero-order valence-corrected chi connectivity index (χ0v) is 14.7. The zero-order chi connectivity index (χ0) is 17.6. The van der Waals surface area contributed by atoms with Crippen LogP contribution in [-0.4, -0.2) is 0 Å². The number of halogens is 2. The minimum atomic E-state index is -0.251. The van der Waals surface area contributed by atoms with Crippen LogP contribution in [0.1, 0.15) is 16.7 Å². The second kappa shape index (κ2) is 8.04. The molecule has 0 bridgehead atoms. The second-order valence-corrected chi connectivity index (χ2v) is 6.24. The van der Waals surface area contributed by atoms with Gasteiger partial charge in [-0.1, -0.05) is 41.9 Å². The van der Waals surface area contributed by atoms with Gasteiger partial charge in [-0.05, 0) is 60.0 Å². The van der Waals surface area contributed by atoms with Gasteiger partial charge in [0.25, 0.3) is 0 Å². The minimum Gasteiger partial charge on any atom is -0.489 e. The molecule has 0 atom stereocenters. The van der Waals surface area contributed by atoms with Crippen LogP contribution in [0.25, 0.3) is 0 Å². The Morgan fingerprint density at radius 3 is 2.48 bits per heavy atom. The molecule has 0 saturated carbocycles. The molecule has 128 valence electrons. The van der Waals surface area contributed by atoms with E-state index < -0.39 is 0 Å². The molecule has 4 heteroatoms. The maximum Gasteiger partial charge on any atom is 0.123 e. The fraction of sp³-hybridized carbons (Fsp3) is 0.143. The number of rotatable bonds is 6. The Morgan fingerprint density at radius 1 is 0.960 bits per heavy atom. The molecule has 0 unspecified atom stereocenters. The van der Waals surface area contributed by atoms with Gasteiger partial charge in [0, 0.05) is 17.3 Å². The van der Waals surface area contributed by atoms with E-state index in [-0.39, 0.29) is 5.82 Å². The first-order valence-electron chi connectivity index (χ1n) is 8.07. The van der Waals surface area contributed by atoms with Crippen LogP contribution in [0.15, 0.2) is 66.7 Å². The highest BCUT2D eigenvalue weighted by Crippen LogP contribution is 2.23. The monoisotopic (exact) mass is 355 g/mol. The lowest BCUT2D eigenvalue weighted by Crippen LogP contribution is -2.01. The van der Waals surface area contributed by atoms with Gasteiger partial charge in [-0.15, -0.1) is 0 Å². The van der Waals surface area contributed by atoms with Crippen molar-refractivity contribution < 1.29 is 9.13 Å². The molecule has 0 heterocycles. The van der Waals surface area contributed by atoms with E-state index in [1.165, 1.54) is 12.1 Å². The summed E-state index contributed by atoms with van der Waals surface area (Å²) < 4.78 is 18.8. The van der Waals surface area contributed by atoms with Crippen molar-refractivity contribution in [3.05, 3.63) is 94.3 Å². The second-order valence-electron chi connectivity index (χ2n) is 5.83. The van der Waals surface area contributed by atoms with Gasteiger partial charge >= 0.3 is 0 Å². The molecule has 3 rings (SSSR count). The quantitative estimate of drug-likeness (QED) is 0.587. The zero-order valence-electron chi connectivity index (χ0n) is 13.9. The van der Waals surface area contributed by atoms with E-state index in [1.807, 2.05) is 55.5 Å². The summed E-state index contributed by atoms with van der Waals surface area (Å²) in [5.74, 6) is 0.505. The smallest absolute Gasteiger partial charge is 0.123 e. The molecule has 0 fully saturated rings. The number of ether oxygens (including phenoxy) is 1. The number of hydrogen-bond acceptors (Lipinski definition) is 2. The third-order valence-electron chi connectivity index (χ3n) is 3.97. The Hall–Kier alpha value is -2.52. The van der Waals surface area contributed by atoms with Gasteiger partial charge in [0.15, 0.2) is 0 Å². The van der Waals surface area contributed by atoms with Crippen LogP contribution in [0, 0.1) is 12.7 Å². The highest BCUT2D eigenvalue weighted by atomic mass is 35.5. The molecule has 0 aliphatic rings. The van der Waals surface area contributed by atoms with Crippen LogP contribution in [-0.2, 0) is 13.2 Å². The van der Waals surface area contributed by atoms with E-state index in [2.05, 4.69) is 5.32 Å². The van der Waals surface area contributed by atoms with E-state index in [1.54, 1.807) is 6.07 Å². The molecular formula is C21H19ClFNO. The topological polar surface area (TPSA) is 21.3 Å². The van der Waals surface area contributed by atoms with E-state index >= 15 is 0 Å². The molecule has 0 aliphatic carbocycles. The Labute approximate surface area is 152 Å². The summed E-state index contributed by atoms with van der Waals surface area (Å²) in [5.41, 5.74) is 4.01. The van der Waals surface area contributed by atoms with Gasteiger partial charge < -0.3 is 10.1 Å². The molecule has 3 aromatic rings. The van der Waals surface area contributed by atoms with Crippen molar-refractivity contribution in [2.24, 2.45) is 0 Å². The highest BCUT2D eigenvalue weighted by molar-refractivity contribution is 6.31. The minimum absolute atomic E-state index is 0.251. The van der Waals surface area contributed by atoms with Gasteiger partial charge in [-0.3, -0.25) is 0 Å². The summed E-state index contributed by atoms with van der Waals surface area (Å²) in [6.45, 7) is 3.04. The largest absolute Gasteiger partial charge is 0.489 e. The van der Waals surface area contributed by atoms with Crippen LogP contribution in [0.5, 0.6) is 5.75 Å². The summed E-state index contributed by atoms with van der Waals surface area (Å²) >= 11 is 6.13. The van der Waals surface area contributed by atoms with Crippen LogP contribution < -0.4 is 10.1 Å². The van der Waals surface area contributed by atoms with Crippen LogP contribution in [0.3, 0.4) is 0 Å². The van der Waals surface area contributed by atoms with Crippen molar-refractivity contribution in [2.45, 2.75) is 20.1 Å². The Morgan fingerprint density at radius 2 is 1.72 bits per heavy atom. The van der Waals surface area contributed by atoms with Gasteiger partial charge in [-0.25, -0.2) is 4.39 Å². The third-order valence-corrected chi connectivity index (χ3v) is 4.38. The molecule has 3 aromatic carbocycles. The van der Waals surface area contributed by atoms with Crippen molar-refractivity contribution in [2.75, 3.05) is 5.32 Å². The van der Waals surface area contributed by atoms with Crippen molar-refractivity contribution in [3.8, 4) is 5.75 Å². The van der Waals surface area contributed by atoms with Crippen LogP contribution >= 0.6 is 11.6 Å². The molecule has 0 spiro atoms. The number of benzene rings is 3. The van der Waals surface area contributed by atoms with E-state index in [0.29, 0.717) is 13.2 Å². The molecule has 2 nitrogen and oxygen atoms in total. The summed E-state index contributed by atoms with van der Waals surface area (Å²) in [7, 11) is 0. The van der Waals surface area contributed by atoms with Gasteiger partial charge in [0.05, 0.1) is 0 Å². The number of hydrogen-bond donors (Lipinski definition) is 1. The van der Waals surface area contributed by atoms with Crippen LogP contribution in [0.4, 0.5) is 10.1 Å². The molecular weight excluding hydrogens is 337 g/mol. The summed E-state index contributed by atoms with van der Waals surface area (Å²) in [6, 6.07) is 20.1. The van der Waals surface area contributed by atoms with Crippen molar-refractivity contribution in [1.82, 2.24) is 0 Å². The normalized spacial score (nSPS) is 10.5. The summed E-state index contributed by atoms with van der Waals surface area (Å²) in [4.78, 5) is 0. The lowest BCUT2D eigenvalue weighted by atomic mass is 10.1. The average Bonchev–Trinajstić information content (AvgIpc) is 2.62. The predicted molar refractivity (Wildman–Crippen MR) is 101 cm³/mol. The van der Waals surface area contributed by atoms with E-state index in [0.717, 1.165) is 33.1 Å². The summed E-state index contributed by atoms with van der Waals surface area (Å²) in [5, 5.41) is 4.14. The lowest BCUT2D eigenvalue weighted by Gasteiger charge is -2.11. The molecule has 0 radical (unpaired) electrons. The summed E-state index contributed by atoms with van der Waals surface area (Å²) in [6.07, 6.45) is 0. The van der Waals surface area contributed by atoms with Gasteiger partial charge in [-0.2, -0.15) is 0 Å². The highest BCUT2D eigenvalue weighted by Gasteiger charge is 2.02. The van der Waals surface area contributed by atoms with E-state index in [4.69, 9.17) is 16.3 Å². The van der Waals surface area contributed by atoms with Crippen molar-refractivity contribution in [1.29, 1.82) is 0 Å². The molecule has 0 amide bonds. The average molecular weight is 356 g/mol. The first kappa shape index (κ1) is 17.3. The first-order chi connectivity index (χ1) is 12.1. The Balaban J connectivity index is 1.56. The molecule has 1 N–H and O–H groups in total. The fourth-order valence-electron chi connectivity index (χ4n) is 2.49. The van der Waals surface area contributed by atoms with Crippen molar-refractivity contribution >= 4 is 17.3 Å². The SMILES string of the molecule is Cc1c(Cl)cccc1NCc1ccc(OCc2cccc(F)c2)cc1. The molecule has 0 aliphatic heterocycles. The molecule has 0 saturated heterocycles. The molecule has 25 heavy (non-hydrogen) atoms. The van der Waals surface area contributed by atoms with Crippen molar-refractivity contribution in [3.63, 3.8) is 0 Å². The Bertz CT molecular complexity index is 849. The maximum absolute atomic E-state index is 13.2. The molecule has 0 aromatic heterocycles. The first-order valence-corrected chi connectivity index (χ1v) is 8.45. The fourth-order valence-corrected chi connectivity index (χ4v) is 2.67. The van der Waals surface area contributed by atoms with Crippen LogP contribution in [0.2, 0.25) is 5.02 Å². The standard InChI is InChI=1S/C21H19ClFNO/c1-15-20(22)6-3-7-21(15)24-13-16-8-10-19(11-9-16)25-14-17-4-2-5-18(23)12-17/h2-12,24H,13-14H2,1H3. The predicted octanol–water partition coefficient (Wildman–Crippen LogP) is 5.98. The number of anilines is 1. The van der Waals surface area contributed by atoms with Gasteiger partial charge in [0.1, 0.15) is 18.2 Å². The third kappa shape index (κ3) is 4.74. The maximum atomic E-state index is 13.2. The lowest BCUT2D eigenvalue weighted by molar-refractivity contribution is 0.305.